The number of rotatable bonds is 2. The summed E-state index contributed by atoms with van der Waals surface area (Å²) in [5.41, 5.74) is 8.82. The van der Waals surface area contributed by atoms with E-state index in [1.807, 2.05) is 50.2 Å². The van der Waals surface area contributed by atoms with Crippen molar-refractivity contribution < 1.29 is 0 Å². The van der Waals surface area contributed by atoms with Crippen molar-refractivity contribution in [1.29, 1.82) is 0 Å². The van der Waals surface area contributed by atoms with Crippen LogP contribution in [0.2, 0.25) is 10.0 Å². The molecule has 94 valence electrons. The van der Waals surface area contributed by atoms with E-state index in [1.165, 1.54) is 5.56 Å². The molecule has 2 aromatic carbocycles. The number of nitrogens with two attached hydrogens (primary N) is 1. The number of hydrogen-bond donors (Lipinski definition) is 1. The lowest BCUT2D eigenvalue weighted by molar-refractivity contribution is 0.603. The van der Waals surface area contributed by atoms with Gasteiger partial charge >= 0.3 is 0 Å². The van der Waals surface area contributed by atoms with Gasteiger partial charge in [-0.15, -0.1) is 0 Å². The van der Waals surface area contributed by atoms with E-state index in [4.69, 9.17) is 28.9 Å². The van der Waals surface area contributed by atoms with E-state index >= 15 is 0 Å². The highest BCUT2D eigenvalue weighted by Crippen LogP contribution is 2.35. The summed E-state index contributed by atoms with van der Waals surface area (Å²) in [6.07, 6.45) is 0. The number of hydrogen-bond acceptors (Lipinski definition) is 1. The standard InChI is InChI=1S/C15H15Cl2N/c1-10-6-8-11(9-7-10)15(2,18)12-4-3-5-13(16)14(12)17/h3-9H,18H2,1-2H3. The summed E-state index contributed by atoms with van der Waals surface area (Å²) in [6, 6.07) is 13.7. The van der Waals surface area contributed by atoms with Crippen molar-refractivity contribution in [2.75, 3.05) is 0 Å². The Kier molecular flexibility index (Phi) is 3.67. The molecule has 2 aromatic rings. The van der Waals surface area contributed by atoms with E-state index in [1.54, 1.807) is 6.07 Å². The first kappa shape index (κ1) is 13.4. The fourth-order valence-electron chi connectivity index (χ4n) is 1.96. The Morgan fingerprint density at radius 3 is 2.22 bits per heavy atom. The van der Waals surface area contributed by atoms with Crippen LogP contribution in [0.15, 0.2) is 42.5 Å². The Labute approximate surface area is 118 Å². The van der Waals surface area contributed by atoms with Crippen LogP contribution in [0.25, 0.3) is 0 Å². The first-order chi connectivity index (χ1) is 8.43. The van der Waals surface area contributed by atoms with Gasteiger partial charge in [-0.3, -0.25) is 0 Å². The Morgan fingerprint density at radius 2 is 1.61 bits per heavy atom. The van der Waals surface area contributed by atoms with Gasteiger partial charge in [0.2, 0.25) is 0 Å². The summed E-state index contributed by atoms with van der Waals surface area (Å²) in [6.45, 7) is 3.99. The normalized spacial score (nSPS) is 14.3. The van der Waals surface area contributed by atoms with Gasteiger partial charge in [0.15, 0.2) is 0 Å². The molecule has 0 fully saturated rings. The highest BCUT2D eigenvalue weighted by molar-refractivity contribution is 6.42. The highest BCUT2D eigenvalue weighted by atomic mass is 35.5. The predicted molar refractivity (Wildman–Crippen MR) is 78.3 cm³/mol. The first-order valence-corrected chi connectivity index (χ1v) is 6.49. The van der Waals surface area contributed by atoms with Gasteiger partial charge in [0.25, 0.3) is 0 Å². The van der Waals surface area contributed by atoms with Crippen molar-refractivity contribution in [2.45, 2.75) is 19.4 Å². The third-order valence-corrected chi connectivity index (χ3v) is 3.98. The zero-order valence-corrected chi connectivity index (χ0v) is 11.9. The zero-order chi connectivity index (χ0) is 13.3. The van der Waals surface area contributed by atoms with E-state index in [0.717, 1.165) is 11.1 Å². The minimum absolute atomic E-state index is 0.518. The minimum atomic E-state index is -0.657. The molecule has 0 radical (unpaired) electrons. The van der Waals surface area contributed by atoms with Crippen LogP contribution in [-0.2, 0) is 5.54 Å². The second kappa shape index (κ2) is 4.93. The second-order valence-electron chi connectivity index (χ2n) is 4.67. The smallest absolute Gasteiger partial charge is 0.0652 e. The van der Waals surface area contributed by atoms with E-state index in [0.29, 0.717) is 10.0 Å². The molecule has 2 N–H and O–H groups in total. The van der Waals surface area contributed by atoms with E-state index in [9.17, 15) is 0 Å². The summed E-state index contributed by atoms with van der Waals surface area (Å²) in [7, 11) is 0. The van der Waals surface area contributed by atoms with Gasteiger partial charge in [-0.1, -0.05) is 65.2 Å². The molecular formula is C15H15Cl2N. The molecule has 2 rings (SSSR count). The summed E-state index contributed by atoms with van der Waals surface area (Å²) in [5, 5.41) is 1.04. The first-order valence-electron chi connectivity index (χ1n) is 5.73. The Hall–Kier alpha value is -1.02. The molecular weight excluding hydrogens is 265 g/mol. The summed E-state index contributed by atoms with van der Waals surface area (Å²) >= 11 is 12.3. The fraction of sp³-hybridized carbons (Fsp3) is 0.200. The number of halogens is 2. The molecule has 18 heavy (non-hydrogen) atoms. The van der Waals surface area contributed by atoms with Crippen molar-refractivity contribution in [3.05, 3.63) is 69.2 Å². The second-order valence-corrected chi connectivity index (χ2v) is 5.45. The molecule has 0 amide bonds. The minimum Gasteiger partial charge on any atom is -0.318 e. The molecule has 0 bridgehead atoms. The maximum atomic E-state index is 6.44. The largest absolute Gasteiger partial charge is 0.318 e. The van der Waals surface area contributed by atoms with E-state index in [-0.39, 0.29) is 0 Å². The molecule has 1 nitrogen and oxygen atoms in total. The molecule has 0 spiro atoms. The van der Waals surface area contributed by atoms with Crippen molar-refractivity contribution >= 4 is 23.2 Å². The third-order valence-electron chi connectivity index (χ3n) is 3.16. The van der Waals surface area contributed by atoms with Crippen molar-refractivity contribution in [1.82, 2.24) is 0 Å². The average Bonchev–Trinajstić information content (AvgIpc) is 2.33. The molecule has 0 saturated carbocycles. The maximum Gasteiger partial charge on any atom is 0.0652 e. The lowest BCUT2D eigenvalue weighted by atomic mass is 9.85. The molecule has 1 atom stereocenters. The molecule has 3 heteroatoms. The summed E-state index contributed by atoms with van der Waals surface area (Å²) in [4.78, 5) is 0. The highest BCUT2D eigenvalue weighted by Gasteiger charge is 2.26. The van der Waals surface area contributed by atoms with E-state index < -0.39 is 5.54 Å². The van der Waals surface area contributed by atoms with Gasteiger partial charge in [0.05, 0.1) is 15.6 Å². The molecule has 0 aliphatic rings. The van der Waals surface area contributed by atoms with Crippen molar-refractivity contribution in [2.24, 2.45) is 5.73 Å². The number of benzene rings is 2. The van der Waals surface area contributed by atoms with Crippen LogP contribution in [0, 0.1) is 6.92 Å². The summed E-state index contributed by atoms with van der Waals surface area (Å²) in [5.74, 6) is 0. The lowest BCUT2D eigenvalue weighted by Crippen LogP contribution is -2.34. The molecule has 0 aliphatic carbocycles. The van der Waals surface area contributed by atoms with Gasteiger partial charge in [-0.05, 0) is 31.0 Å². The van der Waals surface area contributed by atoms with Crippen LogP contribution in [0.1, 0.15) is 23.6 Å². The van der Waals surface area contributed by atoms with Crippen molar-refractivity contribution in [3.8, 4) is 0 Å². The molecule has 0 aliphatic heterocycles. The van der Waals surface area contributed by atoms with Crippen molar-refractivity contribution in [3.63, 3.8) is 0 Å². The quantitative estimate of drug-likeness (QED) is 0.859. The third kappa shape index (κ3) is 2.39. The SMILES string of the molecule is Cc1ccc(C(C)(N)c2cccc(Cl)c2Cl)cc1. The molecule has 0 saturated heterocycles. The Bertz CT molecular complexity index is 559. The molecule has 0 heterocycles. The average molecular weight is 280 g/mol. The lowest BCUT2D eigenvalue weighted by Gasteiger charge is -2.27. The van der Waals surface area contributed by atoms with Crippen LogP contribution >= 0.6 is 23.2 Å². The van der Waals surface area contributed by atoms with Crippen LogP contribution in [0.4, 0.5) is 0 Å². The predicted octanol–water partition coefficient (Wildman–Crippen LogP) is 4.52. The van der Waals surface area contributed by atoms with Crippen LogP contribution < -0.4 is 5.73 Å². The maximum absolute atomic E-state index is 6.44. The van der Waals surface area contributed by atoms with Gasteiger partial charge in [0.1, 0.15) is 0 Å². The van der Waals surface area contributed by atoms with Gasteiger partial charge < -0.3 is 5.73 Å². The van der Waals surface area contributed by atoms with Gasteiger partial charge in [0, 0.05) is 0 Å². The van der Waals surface area contributed by atoms with Crippen LogP contribution in [0.3, 0.4) is 0 Å². The van der Waals surface area contributed by atoms with E-state index in [2.05, 4.69) is 0 Å². The molecule has 0 aromatic heterocycles. The van der Waals surface area contributed by atoms with Gasteiger partial charge in [-0.2, -0.15) is 0 Å². The number of aryl methyl sites for hydroxylation is 1. The summed E-state index contributed by atoms with van der Waals surface area (Å²) < 4.78 is 0. The Morgan fingerprint density at radius 1 is 1.00 bits per heavy atom. The van der Waals surface area contributed by atoms with Crippen LogP contribution in [0.5, 0.6) is 0 Å². The topological polar surface area (TPSA) is 26.0 Å². The Balaban J connectivity index is 2.54. The monoisotopic (exact) mass is 279 g/mol. The van der Waals surface area contributed by atoms with Gasteiger partial charge in [-0.25, -0.2) is 0 Å². The molecule has 1 unspecified atom stereocenters. The van der Waals surface area contributed by atoms with Crippen LogP contribution in [-0.4, -0.2) is 0 Å². The zero-order valence-electron chi connectivity index (χ0n) is 10.4. The fourth-order valence-corrected chi connectivity index (χ4v) is 2.46.